The van der Waals surface area contributed by atoms with Crippen LogP contribution in [-0.4, -0.2) is 28.8 Å². The van der Waals surface area contributed by atoms with Crippen molar-refractivity contribution in [3.8, 4) is 0 Å². The van der Waals surface area contributed by atoms with Gasteiger partial charge in [0.1, 0.15) is 0 Å². The first kappa shape index (κ1) is 17.3. The Morgan fingerprint density at radius 1 is 1.04 bits per heavy atom. The molecule has 0 saturated carbocycles. The molecule has 0 radical (unpaired) electrons. The maximum atomic E-state index is 12.8. The van der Waals surface area contributed by atoms with Crippen LogP contribution in [0.25, 0.3) is 10.8 Å². The van der Waals surface area contributed by atoms with Crippen molar-refractivity contribution in [2.75, 3.05) is 7.11 Å². The summed E-state index contributed by atoms with van der Waals surface area (Å²) in [6, 6.07) is 14.5. The number of aryl methyl sites for hydroxylation is 1. The summed E-state index contributed by atoms with van der Waals surface area (Å²) < 4.78 is 5.91. The quantitative estimate of drug-likeness (QED) is 0.721. The molecule has 0 aliphatic carbocycles. The monoisotopic (exact) mass is 351 g/mol. The molecule has 0 spiro atoms. The molecule has 0 unspecified atom stereocenters. The Bertz CT molecular complexity index is 1030. The highest BCUT2D eigenvalue weighted by molar-refractivity contribution is 6.05. The standard InChI is InChI=1S/C19H17N3O4/c1-22-18(24)14-11-7-6-10-13(14)16(21-22)17(23)20-15(19(25)26-2)12-8-4-3-5-9-12/h3-11,15H,1-2H3,(H,20,23)/t15-/m0/s1. The molecule has 3 rings (SSSR count). The second-order valence-corrected chi connectivity index (χ2v) is 5.66. The van der Waals surface area contributed by atoms with Gasteiger partial charge in [0.25, 0.3) is 11.5 Å². The third kappa shape index (κ3) is 3.19. The maximum absolute atomic E-state index is 12.8. The summed E-state index contributed by atoms with van der Waals surface area (Å²) in [7, 11) is 2.73. The molecule has 0 aliphatic heterocycles. The van der Waals surface area contributed by atoms with Gasteiger partial charge in [-0.2, -0.15) is 5.10 Å². The van der Waals surface area contributed by atoms with E-state index < -0.39 is 17.9 Å². The van der Waals surface area contributed by atoms with Gasteiger partial charge < -0.3 is 10.1 Å². The summed E-state index contributed by atoms with van der Waals surface area (Å²) >= 11 is 0. The molecule has 132 valence electrons. The molecule has 1 amide bonds. The lowest BCUT2D eigenvalue weighted by atomic mass is 10.1. The van der Waals surface area contributed by atoms with E-state index in [1.807, 2.05) is 6.07 Å². The highest BCUT2D eigenvalue weighted by Gasteiger charge is 2.26. The van der Waals surface area contributed by atoms with Crippen molar-refractivity contribution in [3.05, 3.63) is 76.2 Å². The molecule has 2 aromatic carbocycles. The van der Waals surface area contributed by atoms with Gasteiger partial charge in [0.2, 0.25) is 0 Å². The van der Waals surface area contributed by atoms with E-state index in [1.165, 1.54) is 14.2 Å². The van der Waals surface area contributed by atoms with Crippen LogP contribution in [0, 0.1) is 0 Å². The van der Waals surface area contributed by atoms with Gasteiger partial charge in [-0.15, -0.1) is 0 Å². The lowest BCUT2D eigenvalue weighted by Crippen LogP contribution is -2.36. The number of carbonyl (C=O) groups is 2. The molecule has 0 saturated heterocycles. The molecule has 0 fully saturated rings. The van der Waals surface area contributed by atoms with Crippen molar-refractivity contribution >= 4 is 22.6 Å². The number of hydrogen-bond acceptors (Lipinski definition) is 5. The minimum absolute atomic E-state index is 0.0625. The first-order valence-corrected chi connectivity index (χ1v) is 7.92. The summed E-state index contributed by atoms with van der Waals surface area (Å²) in [5, 5.41) is 7.52. The van der Waals surface area contributed by atoms with E-state index in [1.54, 1.807) is 48.5 Å². The van der Waals surface area contributed by atoms with Crippen molar-refractivity contribution in [1.82, 2.24) is 15.1 Å². The molecule has 1 N–H and O–H groups in total. The third-order valence-corrected chi connectivity index (χ3v) is 4.02. The van der Waals surface area contributed by atoms with Crippen LogP contribution in [0.2, 0.25) is 0 Å². The Morgan fingerprint density at radius 2 is 1.65 bits per heavy atom. The molecule has 7 heteroatoms. The number of aromatic nitrogens is 2. The number of rotatable bonds is 4. The van der Waals surface area contributed by atoms with Gasteiger partial charge in [0.15, 0.2) is 11.7 Å². The van der Waals surface area contributed by atoms with Crippen molar-refractivity contribution in [3.63, 3.8) is 0 Å². The van der Waals surface area contributed by atoms with Crippen molar-refractivity contribution in [2.45, 2.75) is 6.04 Å². The van der Waals surface area contributed by atoms with E-state index in [9.17, 15) is 14.4 Å². The summed E-state index contributed by atoms with van der Waals surface area (Å²) in [6.45, 7) is 0. The number of ether oxygens (including phenoxy) is 1. The molecule has 0 bridgehead atoms. The van der Waals surface area contributed by atoms with E-state index in [-0.39, 0.29) is 11.3 Å². The van der Waals surface area contributed by atoms with Crippen LogP contribution in [-0.2, 0) is 16.6 Å². The Kier molecular flexibility index (Phi) is 4.79. The first-order valence-electron chi connectivity index (χ1n) is 7.92. The number of nitrogens with zero attached hydrogens (tertiary/aromatic N) is 2. The predicted molar refractivity (Wildman–Crippen MR) is 95.6 cm³/mol. The average Bonchev–Trinajstić information content (AvgIpc) is 2.68. The van der Waals surface area contributed by atoms with E-state index in [0.29, 0.717) is 16.3 Å². The van der Waals surface area contributed by atoms with Crippen LogP contribution < -0.4 is 10.9 Å². The largest absolute Gasteiger partial charge is 0.467 e. The Hall–Kier alpha value is -3.48. The van der Waals surface area contributed by atoms with Gasteiger partial charge in [-0.05, 0) is 11.6 Å². The Morgan fingerprint density at radius 3 is 2.31 bits per heavy atom. The number of fused-ring (bicyclic) bond motifs is 1. The van der Waals surface area contributed by atoms with Gasteiger partial charge >= 0.3 is 5.97 Å². The van der Waals surface area contributed by atoms with Gasteiger partial charge in [-0.1, -0.05) is 48.5 Å². The number of nitrogens with one attached hydrogen (secondary N) is 1. The van der Waals surface area contributed by atoms with Crippen LogP contribution in [0.5, 0.6) is 0 Å². The van der Waals surface area contributed by atoms with E-state index in [0.717, 1.165) is 4.68 Å². The summed E-state index contributed by atoms with van der Waals surface area (Å²) in [6.07, 6.45) is 0. The molecular weight excluding hydrogens is 334 g/mol. The first-order chi connectivity index (χ1) is 12.5. The van der Waals surface area contributed by atoms with Gasteiger partial charge in [0, 0.05) is 12.4 Å². The van der Waals surface area contributed by atoms with E-state index >= 15 is 0 Å². The molecule has 3 aromatic rings. The molecule has 1 aromatic heterocycles. The zero-order valence-electron chi connectivity index (χ0n) is 14.3. The van der Waals surface area contributed by atoms with Crippen LogP contribution in [0.1, 0.15) is 22.1 Å². The average molecular weight is 351 g/mol. The van der Waals surface area contributed by atoms with Crippen LogP contribution in [0.3, 0.4) is 0 Å². The minimum Gasteiger partial charge on any atom is -0.467 e. The fraction of sp³-hybridized carbons (Fsp3) is 0.158. The van der Waals surface area contributed by atoms with Gasteiger partial charge in [-0.3, -0.25) is 9.59 Å². The number of amides is 1. The number of methoxy groups -OCH3 is 1. The molecule has 1 heterocycles. The molecule has 0 aliphatic rings. The number of esters is 1. The van der Waals surface area contributed by atoms with Crippen LogP contribution >= 0.6 is 0 Å². The minimum atomic E-state index is -0.980. The topological polar surface area (TPSA) is 90.3 Å². The summed E-state index contributed by atoms with van der Waals surface area (Å²) in [5.41, 5.74) is 0.346. The SMILES string of the molecule is COC(=O)[C@@H](NC(=O)c1nn(C)c(=O)c2ccccc12)c1ccccc1. The van der Waals surface area contributed by atoms with Gasteiger partial charge in [-0.25, -0.2) is 9.48 Å². The van der Waals surface area contributed by atoms with E-state index in [2.05, 4.69) is 10.4 Å². The summed E-state index contributed by atoms with van der Waals surface area (Å²) in [4.78, 5) is 37.2. The van der Waals surface area contributed by atoms with Crippen molar-refractivity contribution in [2.24, 2.45) is 7.05 Å². The zero-order chi connectivity index (χ0) is 18.7. The predicted octanol–water partition coefficient (Wildman–Crippen LogP) is 1.58. The number of hydrogen-bond donors (Lipinski definition) is 1. The van der Waals surface area contributed by atoms with E-state index in [4.69, 9.17) is 4.74 Å². The lowest BCUT2D eigenvalue weighted by Gasteiger charge is -2.17. The Labute approximate surface area is 149 Å². The van der Waals surface area contributed by atoms with Crippen molar-refractivity contribution in [1.29, 1.82) is 0 Å². The second kappa shape index (κ2) is 7.18. The zero-order valence-corrected chi connectivity index (χ0v) is 14.3. The third-order valence-electron chi connectivity index (χ3n) is 4.02. The number of benzene rings is 2. The Balaban J connectivity index is 2.04. The highest BCUT2D eigenvalue weighted by Crippen LogP contribution is 2.17. The normalized spacial score (nSPS) is 11.8. The molecule has 1 atom stereocenters. The van der Waals surface area contributed by atoms with Crippen molar-refractivity contribution < 1.29 is 14.3 Å². The second-order valence-electron chi connectivity index (χ2n) is 5.66. The van der Waals surface area contributed by atoms with Gasteiger partial charge in [0.05, 0.1) is 12.5 Å². The fourth-order valence-electron chi connectivity index (χ4n) is 2.71. The molecular formula is C19H17N3O4. The smallest absolute Gasteiger partial charge is 0.333 e. The maximum Gasteiger partial charge on any atom is 0.333 e. The summed E-state index contributed by atoms with van der Waals surface area (Å²) in [5.74, 6) is -1.17. The molecule has 7 nitrogen and oxygen atoms in total. The van der Waals surface area contributed by atoms with Crippen LogP contribution in [0.4, 0.5) is 0 Å². The lowest BCUT2D eigenvalue weighted by molar-refractivity contribution is -0.143. The number of carbonyl (C=O) groups excluding carboxylic acids is 2. The fourth-order valence-corrected chi connectivity index (χ4v) is 2.71. The highest BCUT2D eigenvalue weighted by atomic mass is 16.5. The molecule has 26 heavy (non-hydrogen) atoms. The van der Waals surface area contributed by atoms with Crippen LogP contribution in [0.15, 0.2) is 59.4 Å².